The van der Waals surface area contributed by atoms with Crippen LogP contribution in [0, 0.1) is 6.92 Å². The van der Waals surface area contributed by atoms with Gasteiger partial charge in [-0.15, -0.1) is 0 Å². The molecule has 27 heavy (non-hydrogen) atoms. The molecule has 0 unspecified atom stereocenters. The van der Waals surface area contributed by atoms with Crippen LogP contribution in [-0.2, 0) is 6.42 Å². The number of furan rings is 1. The second-order valence-electron chi connectivity index (χ2n) is 7.13. The number of nitrogens with zero attached hydrogens (tertiary/aromatic N) is 2. The van der Waals surface area contributed by atoms with E-state index in [9.17, 15) is 4.79 Å². The lowest BCUT2D eigenvalue weighted by Gasteiger charge is -2.34. The zero-order valence-corrected chi connectivity index (χ0v) is 15.9. The summed E-state index contributed by atoms with van der Waals surface area (Å²) in [6.45, 7) is 5.80. The van der Waals surface area contributed by atoms with Crippen LogP contribution in [0.1, 0.15) is 41.6 Å². The number of rotatable bonds is 4. The van der Waals surface area contributed by atoms with Gasteiger partial charge in [0.1, 0.15) is 5.76 Å². The van der Waals surface area contributed by atoms with Crippen molar-refractivity contribution in [2.45, 2.75) is 39.2 Å². The molecule has 1 N–H and O–H groups in total. The Hall–Kier alpha value is -2.82. The fourth-order valence-corrected chi connectivity index (χ4v) is 3.80. The Kier molecular flexibility index (Phi) is 4.84. The molecule has 5 nitrogen and oxygen atoms in total. The number of anilines is 1. The van der Waals surface area contributed by atoms with Gasteiger partial charge in [-0.05, 0) is 44.4 Å². The van der Waals surface area contributed by atoms with E-state index in [1.54, 1.807) is 12.3 Å². The van der Waals surface area contributed by atoms with Crippen LogP contribution >= 0.6 is 0 Å². The minimum Gasteiger partial charge on any atom is -0.469 e. The third-order valence-corrected chi connectivity index (χ3v) is 5.38. The van der Waals surface area contributed by atoms with Gasteiger partial charge in [0.05, 0.1) is 17.3 Å². The van der Waals surface area contributed by atoms with Crippen molar-refractivity contribution in [2.24, 2.45) is 0 Å². The van der Waals surface area contributed by atoms with Crippen molar-refractivity contribution in [2.75, 3.05) is 18.0 Å². The summed E-state index contributed by atoms with van der Waals surface area (Å²) in [6, 6.07) is 12.5. The standard InChI is InChI=1S/C22H25N3O2/c1-3-16-14-21(19-6-4-5-7-20(19)23-16)25-11-8-17(9-12-25)24-22(26)18-10-13-27-15(18)2/h4-7,10,13-14,17H,3,8-9,11-12H2,1-2H3,(H,24,26). The van der Waals surface area contributed by atoms with Crippen LogP contribution in [-0.4, -0.2) is 30.0 Å². The van der Waals surface area contributed by atoms with Crippen LogP contribution in [0.3, 0.4) is 0 Å². The Morgan fingerprint density at radius 2 is 2.04 bits per heavy atom. The number of carbonyl (C=O) groups is 1. The van der Waals surface area contributed by atoms with Crippen molar-refractivity contribution in [1.82, 2.24) is 10.3 Å². The van der Waals surface area contributed by atoms with Crippen molar-refractivity contribution < 1.29 is 9.21 Å². The molecule has 1 amide bonds. The van der Waals surface area contributed by atoms with E-state index in [2.05, 4.69) is 41.4 Å². The van der Waals surface area contributed by atoms with E-state index in [-0.39, 0.29) is 11.9 Å². The fraction of sp³-hybridized carbons (Fsp3) is 0.364. The summed E-state index contributed by atoms with van der Waals surface area (Å²) in [6.07, 6.45) is 4.35. The van der Waals surface area contributed by atoms with E-state index in [0.717, 1.165) is 43.6 Å². The van der Waals surface area contributed by atoms with E-state index in [1.165, 1.54) is 11.1 Å². The molecule has 1 saturated heterocycles. The lowest BCUT2D eigenvalue weighted by atomic mass is 10.0. The molecule has 140 valence electrons. The zero-order valence-electron chi connectivity index (χ0n) is 15.9. The van der Waals surface area contributed by atoms with Gasteiger partial charge in [-0.25, -0.2) is 0 Å². The third kappa shape index (κ3) is 3.54. The van der Waals surface area contributed by atoms with Crippen LogP contribution in [0.4, 0.5) is 5.69 Å². The summed E-state index contributed by atoms with van der Waals surface area (Å²) in [5.74, 6) is 0.627. The molecule has 3 heterocycles. The molecule has 1 aromatic carbocycles. The summed E-state index contributed by atoms with van der Waals surface area (Å²) < 4.78 is 5.24. The van der Waals surface area contributed by atoms with Crippen molar-refractivity contribution in [3.63, 3.8) is 0 Å². The van der Waals surface area contributed by atoms with Gasteiger partial charge in [0.25, 0.3) is 5.91 Å². The lowest BCUT2D eigenvalue weighted by Crippen LogP contribution is -2.44. The average molecular weight is 363 g/mol. The summed E-state index contributed by atoms with van der Waals surface area (Å²) in [4.78, 5) is 19.6. The number of para-hydroxylation sites is 1. The van der Waals surface area contributed by atoms with Gasteiger partial charge in [0, 0.05) is 35.9 Å². The lowest BCUT2D eigenvalue weighted by molar-refractivity contribution is 0.0929. The van der Waals surface area contributed by atoms with Crippen LogP contribution in [0.2, 0.25) is 0 Å². The van der Waals surface area contributed by atoms with Gasteiger partial charge < -0.3 is 14.6 Å². The van der Waals surface area contributed by atoms with Gasteiger partial charge in [0.15, 0.2) is 0 Å². The summed E-state index contributed by atoms with van der Waals surface area (Å²) in [5, 5.41) is 4.36. The number of piperidine rings is 1. The van der Waals surface area contributed by atoms with Crippen LogP contribution in [0.15, 0.2) is 47.1 Å². The summed E-state index contributed by atoms with van der Waals surface area (Å²) in [5.41, 5.74) is 4.06. The van der Waals surface area contributed by atoms with Gasteiger partial charge in [0.2, 0.25) is 0 Å². The molecule has 0 spiro atoms. The highest BCUT2D eigenvalue weighted by atomic mass is 16.3. The van der Waals surface area contributed by atoms with Crippen LogP contribution < -0.4 is 10.2 Å². The first-order chi connectivity index (χ1) is 13.2. The number of hydrogen-bond acceptors (Lipinski definition) is 4. The minimum atomic E-state index is -0.0395. The number of benzene rings is 1. The monoisotopic (exact) mass is 363 g/mol. The number of fused-ring (bicyclic) bond motifs is 1. The third-order valence-electron chi connectivity index (χ3n) is 5.38. The molecular weight excluding hydrogens is 338 g/mol. The molecule has 1 fully saturated rings. The number of hydrogen-bond donors (Lipinski definition) is 1. The maximum absolute atomic E-state index is 12.4. The molecule has 1 aliphatic rings. The van der Waals surface area contributed by atoms with Crippen LogP contribution in [0.25, 0.3) is 10.9 Å². The first-order valence-corrected chi connectivity index (χ1v) is 9.64. The highest BCUT2D eigenvalue weighted by molar-refractivity contribution is 5.95. The SMILES string of the molecule is CCc1cc(N2CCC(NC(=O)c3ccoc3C)CC2)c2ccccc2n1. The van der Waals surface area contributed by atoms with E-state index in [0.29, 0.717) is 11.3 Å². The Labute approximate surface area is 159 Å². The van der Waals surface area contributed by atoms with E-state index >= 15 is 0 Å². The van der Waals surface area contributed by atoms with E-state index < -0.39 is 0 Å². The normalized spacial score (nSPS) is 15.3. The molecule has 0 aliphatic carbocycles. The average Bonchev–Trinajstić information content (AvgIpc) is 3.14. The quantitative estimate of drug-likeness (QED) is 0.758. The largest absolute Gasteiger partial charge is 0.469 e. The Morgan fingerprint density at radius 1 is 1.26 bits per heavy atom. The molecule has 0 bridgehead atoms. The van der Waals surface area contributed by atoms with Crippen molar-refractivity contribution in [3.05, 3.63) is 59.7 Å². The molecule has 3 aromatic rings. The second kappa shape index (κ2) is 7.43. The highest BCUT2D eigenvalue weighted by Gasteiger charge is 2.23. The van der Waals surface area contributed by atoms with Gasteiger partial charge in [-0.1, -0.05) is 25.1 Å². The Balaban J connectivity index is 1.47. The first kappa shape index (κ1) is 17.6. The number of carbonyl (C=O) groups excluding carboxylic acids is 1. The van der Waals surface area contributed by atoms with Gasteiger partial charge in [-0.2, -0.15) is 0 Å². The number of pyridine rings is 1. The van der Waals surface area contributed by atoms with E-state index in [1.807, 2.05) is 13.0 Å². The topological polar surface area (TPSA) is 58.4 Å². The molecule has 2 aromatic heterocycles. The number of aromatic nitrogens is 1. The van der Waals surface area contributed by atoms with E-state index in [4.69, 9.17) is 9.40 Å². The molecule has 4 rings (SSSR count). The number of amides is 1. The molecule has 0 atom stereocenters. The predicted molar refractivity (Wildman–Crippen MR) is 107 cm³/mol. The summed E-state index contributed by atoms with van der Waals surface area (Å²) in [7, 11) is 0. The molecular formula is C22H25N3O2. The molecule has 5 heteroatoms. The van der Waals surface area contributed by atoms with Crippen molar-refractivity contribution in [1.29, 1.82) is 0 Å². The molecule has 0 saturated carbocycles. The smallest absolute Gasteiger partial charge is 0.255 e. The number of nitrogens with one attached hydrogen (secondary N) is 1. The number of aryl methyl sites for hydroxylation is 2. The van der Waals surface area contributed by atoms with Crippen molar-refractivity contribution >= 4 is 22.5 Å². The van der Waals surface area contributed by atoms with Crippen LogP contribution in [0.5, 0.6) is 0 Å². The zero-order chi connectivity index (χ0) is 18.8. The maximum atomic E-state index is 12.4. The maximum Gasteiger partial charge on any atom is 0.255 e. The van der Waals surface area contributed by atoms with Gasteiger partial charge in [-0.3, -0.25) is 9.78 Å². The first-order valence-electron chi connectivity index (χ1n) is 9.64. The molecule has 1 aliphatic heterocycles. The predicted octanol–water partition coefficient (Wildman–Crippen LogP) is 4.10. The van der Waals surface area contributed by atoms with Crippen molar-refractivity contribution in [3.8, 4) is 0 Å². The minimum absolute atomic E-state index is 0.0395. The Morgan fingerprint density at radius 3 is 2.74 bits per heavy atom. The Bertz CT molecular complexity index is 955. The highest BCUT2D eigenvalue weighted by Crippen LogP contribution is 2.29. The second-order valence-corrected chi connectivity index (χ2v) is 7.13. The molecule has 0 radical (unpaired) electrons. The fourth-order valence-electron chi connectivity index (χ4n) is 3.80. The van der Waals surface area contributed by atoms with Gasteiger partial charge >= 0.3 is 0 Å². The summed E-state index contributed by atoms with van der Waals surface area (Å²) >= 11 is 0.